The predicted octanol–water partition coefficient (Wildman–Crippen LogP) is 3.47. The third-order valence-corrected chi connectivity index (χ3v) is 5.94. The monoisotopic (exact) mass is 389 g/mol. The summed E-state index contributed by atoms with van der Waals surface area (Å²) in [6.07, 6.45) is 9.20. The van der Waals surface area contributed by atoms with E-state index in [0.29, 0.717) is 5.95 Å². The molecule has 5 heterocycles. The summed E-state index contributed by atoms with van der Waals surface area (Å²) in [5.41, 5.74) is 3.30. The minimum atomic E-state index is -0.000133. The molecule has 7 nitrogen and oxygen atoms in total. The van der Waals surface area contributed by atoms with Crippen LogP contribution in [0, 0.1) is 0 Å². The van der Waals surface area contributed by atoms with E-state index in [1.807, 2.05) is 18.5 Å². The normalized spacial score (nSPS) is 18.8. The van der Waals surface area contributed by atoms with Crippen molar-refractivity contribution in [2.75, 3.05) is 43.4 Å². The van der Waals surface area contributed by atoms with E-state index in [9.17, 15) is 0 Å². The first-order chi connectivity index (χ1) is 14.0. The Kier molecular flexibility index (Phi) is 4.28. The summed E-state index contributed by atoms with van der Waals surface area (Å²) in [7, 11) is 2.17. The second-order valence-corrected chi connectivity index (χ2v) is 8.61. The van der Waals surface area contributed by atoms with Crippen molar-refractivity contribution in [3.05, 3.63) is 42.4 Å². The van der Waals surface area contributed by atoms with E-state index in [2.05, 4.69) is 74.8 Å². The molecule has 0 unspecified atom stereocenters. The summed E-state index contributed by atoms with van der Waals surface area (Å²) in [5.74, 6) is 1.33. The van der Waals surface area contributed by atoms with Gasteiger partial charge in [-0.25, -0.2) is 9.97 Å². The quantitative estimate of drug-likeness (QED) is 0.740. The molecule has 3 aromatic rings. The zero-order valence-corrected chi connectivity index (χ0v) is 17.3. The van der Waals surface area contributed by atoms with Crippen LogP contribution in [-0.4, -0.2) is 57.6 Å². The maximum absolute atomic E-state index is 4.81. The fourth-order valence-electron chi connectivity index (χ4n) is 4.21. The highest BCUT2D eigenvalue weighted by Crippen LogP contribution is 2.33. The van der Waals surface area contributed by atoms with Gasteiger partial charge in [0.05, 0.1) is 11.9 Å². The van der Waals surface area contributed by atoms with Gasteiger partial charge in [0.25, 0.3) is 0 Å². The number of nitrogens with zero attached hydrogens (tertiary/aromatic N) is 6. The number of aromatic nitrogens is 4. The van der Waals surface area contributed by atoms with Gasteiger partial charge in [0, 0.05) is 49.0 Å². The molecule has 0 bridgehead atoms. The van der Waals surface area contributed by atoms with Gasteiger partial charge < -0.3 is 19.7 Å². The van der Waals surface area contributed by atoms with Gasteiger partial charge in [-0.15, -0.1) is 0 Å². The number of hydrogen-bond donors (Lipinski definition) is 1. The van der Waals surface area contributed by atoms with Gasteiger partial charge in [-0.2, -0.15) is 4.98 Å². The molecule has 150 valence electrons. The van der Waals surface area contributed by atoms with Crippen LogP contribution in [0.3, 0.4) is 0 Å². The van der Waals surface area contributed by atoms with Crippen molar-refractivity contribution in [3.63, 3.8) is 0 Å². The number of fused-ring (bicyclic) bond motifs is 3. The van der Waals surface area contributed by atoms with Crippen molar-refractivity contribution >= 4 is 34.6 Å². The molecule has 0 radical (unpaired) electrons. The fraction of sp³-hybridized carbons (Fsp3) is 0.409. The molecule has 1 fully saturated rings. The van der Waals surface area contributed by atoms with E-state index in [1.165, 1.54) is 5.69 Å². The summed E-state index contributed by atoms with van der Waals surface area (Å²) >= 11 is 0. The first kappa shape index (κ1) is 18.1. The van der Waals surface area contributed by atoms with Crippen LogP contribution in [0.15, 0.2) is 36.7 Å². The van der Waals surface area contributed by atoms with Gasteiger partial charge >= 0.3 is 0 Å². The van der Waals surface area contributed by atoms with Crippen molar-refractivity contribution in [1.82, 2.24) is 24.4 Å². The molecule has 2 aliphatic rings. The Hall–Kier alpha value is -2.93. The number of piperazine rings is 1. The Morgan fingerprint density at radius 2 is 1.86 bits per heavy atom. The van der Waals surface area contributed by atoms with Crippen molar-refractivity contribution < 1.29 is 0 Å². The summed E-state index contributed by atoms with van der Waals surface area (Å²) in [4.78, 5) is 18.6. The lowest BCUT2D eigenvalue weighted by atomic mass is 9.97. The third kappa shape index (κ3) is 3.35. The molecule has 29 heavy (non-hydrogen) atoms. The van der Waals surface area contributed by atoms with E-state index >= 15 is 0 Å². The van der Waals surface area contributed by atoms with E-state index < -0.39 is 0 Å². The topological polar surface area (TPSA) is 62.1 Å². The Balaban J connectivity index is 1.39. The number of allylic oxidation sites excluding steroid dienone is 1. The van der Waals surface area contributed by atoms with Gasteiger partial charge in [-0.1, -0.05) is 6.08 Å². The predicted molar refractivity (Wildman–Crippen MR) is 118 cm³/mol. The SMILES string of the molecule is CN1CCN(c2ccc(Nc3ncc4cc5n(c4n3)C(C)(C)CC=C5)nc2)CC1. The van der Waals surface area contributed by atoms with Crippen LogP contribution in [0.5, 0.6) is 0 Å². The van der Waals surface area contributed by atoms with Crippen LogP contribution in [-0.2, 0) is 5.54 Å². The number of likely N-dealkylation sites (N-methyl/N-ethyl adjacent to an activating group) is 1. The second-order valence-electron chi connectivity index (χ2n) is 8.61. The largest absolute Gasteiger partial charge is 0.368 e. The molecule has 1 N–H and O–H groups in total. The molecular weight excluding hydrogens is 362 g/mol. The molecule has 0 spiro atoms. The van der Waals surface area contributed by atoms with Crippen LogP contribution in [0.2, 0.25) is 0 Å². The average molecular weight is 390 g/mol. The summed E-state index contributed by atoms with van der Waals surface area (Å²) < 4.78 is 2.30. The van der Waals surface area contributed by atoms with Crippen LogP contribution >= 0.6 is 0 Å². The molecule has 0 atom stereocenters. The Bertz CT molecular complexity index is 1060. The number of nitrogens with one attached hydrogen (secondary N) is 1. The van der Waals surface area contributed by atoms with E-state index in [-0.39, 0.29) is 5.54 Å². The lowest BCUT2D eigenvalue weighted by Gasteiger charge is -2.33. The van der Waals surface area contributed by atoms with Crippen LogP contribution < -0.4 is 10.2 Å². The Morgan fingerprint density at radius 1 is 1.03 bits per heavy atom. The van der Waals surface area contributed by atoms with Crippen molar-refractivity contribution in [3.8, 4) is 0 Å². The van der Waals surface area contributed by atoms with Gasteiger partial charge in [0.2, 0.25) is 5.95 Å². The van der Waals surface area contributed by atoms with E-state index in [4.69, 9.17) is 4.98 Å². The van der Waals surface area contributed by atoms with Crippen molar-refractivity contribution in [1.29, 1.82) is 0 Å². The first-order valence-electron chi connectivity index (χ1n) is 10.2. The summed E-state index contributed by atoms with van der Waals surface area (Å²) in [6, 6.07) is 6.27. The molecule has 0 amide bonds. The Labute approximate surface area is 171 Å². The first-order valence-corrected chi connectivity index (χ1v) is 10.2. The smallest absolute Gasteiger partial charge is 0.230 e. The standard InChI is InChI=1S/C22H27N7/c1-22(2)8-4-5-17-13-16-14-24-21(26-20(16)29(17)22)25-19-7-6-18(15-23-19)28-11-9-27(3)10-12-28/h4-7,13-15H,8-12H2,1-3H3,(H,23,24,25,26). The molecule has 0 saturated carbocycles. The molecule has 7 heteroatoms. The zero-order valence-electron chi connectivity index (χ0n) is 17.3. The van der Waals surface area contributed by atoms with E-state index in [0.717, 1.165) is 55.1 Å². The highest BCUT2D eigenvalue weighted by atomic mass is 15.3. The highest BCUT2D eigenvalue weighted by Gasteiger charge is 2.27. The molecule has 5 rings (SSSR count). The van der Waals surface area contributed by atoms with Gasteiger partial charge in [-0.05, 0) is 51.6 Å². The highest BCUT2D eigenvalue weighted by molar-refractivity contribution is 5.81. The maximum atomic E-state index is 4.81. The lowest BCUT2D eigenvalue weighted by Crippen LogP contribution is -2.44. The number of anilines is 3. The number of hydrogen-bond acceptors (Lipinski definition) is 6. The maximum Gasteiger partial charge on any atom is 0.230 e. The molecule has 1 saturated heterocycles. The van der Waals surface area contributed by atoms with Gasteiger partial charge in [0.1, 0.15) is 11.5 Å². The van der Waals surface area contributed by atoms with Gasteiger partial charge in [-0.3, -0.25) is 0 Å². The van der Waals surface area contributed by atoms with Crippen molar-refractivity contribution in [2.45, 2.75) is 25.8 Å². The fourth-order valence-corrected chi connectivity index (χ4v) is 4.21. The molecule has 0 aromatic carbocycles. The zero-order chi connectivity index (χ0) is 20.0. The summed E-state index contributed by atoms with van der Waals surface area (Å²) in [5, 5.41) is 4.32. The second kappa shape index (κ2) is 6.84. The van der Waals surface area contributed by atoms with Crippen molar-refractivity contribution in [2.24, 2.45) is 0 Å². The van der Waals surface area contributed by atoms with Crippen LogP contribution in [0.25, 0.3) is 17.1 Å². The molecule has 0 aliphatic carbocycles. The molecule has 2 aliphatic heterocycles. The number of rotatable bonds is 3. The minimum absolute atomic E-state index is 0.000133. The Morgan fingerprint density at radius 3 is 2.62 bits per heavy atom. The lowest BCUT2D eigenvalue weighted by molar-refractivity contribution is 0.313. The number of pyridine rings is 1. The molecular formula is C22H27N7. The summed E-state index contributed by atoms with van der Waals surface area (Å²) in [6.45, 7) is 8.73. The third-order valence-electron chi connectivity index (χ3n) is 5.94. The van der Waals surface area contributed by atoms with E-state index in [1.54, 1.807) is 0 Å². The van der Waals surface area contributed by atoms with Gasteiger partial charge in [0.15, 0.2) is 0 Å². The minimum Gasteiger partial charge on any atom is -0.368 e. The van der Waals surface area contributed by atoms with Crippen LogP contribution in [0.4, 0.5) is 17.5 Å². The molecule has 3 aromatic heterocycles. The van der Waals surface area contributed by atoms with Crippen LogP contribution in [0.1, 0.15) is 26.0 Å². The average Bonchev–Trinajstić information content (AvgIpc) is 3.08.